The predicted molar refractivity (Wildman–Crippen MR) is 79.4 cm³/mol. The van der Waals surface area contributed by atoms with E-state index in [4.69, 9.17) is 44.3 Å². The standard InChI is InChI=1S/C13H14Cl3NO4/c1-3-20-12(19)8-6-9(11(18)13(14,15)16)17-4-5-21-7(2)10(8)17/h6-7H,3-5H2,1-2H3. The molecule has 1 unspecified atom stereocenters. The summed E-state index contributed by atoms with van der Waals surface area (Å²) in [5, 5.41) is 0. The molecule has 0 spiro atoms. The molecule has 0 amide bonds. The number of hydrogen-bond acceptors (Lipinski definition) is 4. The van der Waals surface area contributed by atoms with Gasteiger partial charge in [-0.3, -0.25) is 4.79 Å². The van der Waals surface area contributed by atoms with Crippen molar-refractivity contribution in [3.05, 3.63) is 23.0 Å². The van der Waals surface area contributed by atoms with Gasteiger partial charge in [-0.25, -0.2) is 4.79 Å². The number of alkyl halides is 3. The maximum Gasteiger partial charge on any atom is 0.340 e. The number of halogens is 3. The Morgan fingerprint density at radius 3 is 2.71 bits per heavy atom. The van der Waals surface area contributed by atoms with Crippen LogP contribution in [-0.2, 0) is 16.0 Å². The van der Waals surface area contributed by atoms with Gasteiger partial charge < -0.3 is 14.0 Å². The van der Waals surface area contributed by atoms with Crippen molar-refractivity contribution in [2.24, 2.45) is 0 Å². The van der Waals surface area contributed by atoms with E-state index in [2.05, 4.69) is 0 Å². The topological polar surface area (TPSA) is 57.5 Å². The third-order valence-corrected chi connectivity index (χ3v) is 3.71. The van der Waals surface area contributed by atoms with E-state index >= 15 is 0 Å². The Morgan fingerprint density at radius 2 is 2.14 bits per heavy atom. The zero-order valence-corrected chi connectivity index (χ0v) is 13.8. The van der Waals surface area contributed by atoms with Gasteiger partial charge in [0.15, 0.2) is 0 Å². The van der Waals surface area contributed by atoms with Gasteiger partial charge in [0, 0.05) is 6.54 Å². The lowest BCUT2D eigenvalue weighted by atomic mass is 10.1. The van der Waals surface area contributed by atoms with Crippen molar-refractivity contribution >= 4 is 46.6 Å². The molecule has 2 heterocycles. The molecule has 0 fully saturated rings. The summed E-state index contributed by atoms with van der Waals surface area (Å²) in [5.74, 6) is -1.21. The number of rotatable bonds is 3. The van der Waals surface area contributed by atoms with Crippen molar-refractivity contribution in [2.45, 2.75) is 30.3 Å². The van der Waals surface area contributed by atoms with Crippen LogP contribution in [0, 0.1) is 0 Å². The molecule has 0 saturated heterocycles. The number of ether oxygens (including phenoxy) is 2. The minimum atomic E-state index is -2.08. The molecule has 0 N–H and O–H groups in total. The predicted octanol–water partition coefficient (Wildman–Crippen LogP) is 3.31. The second-order valence-corrected chi connectivity index (χ2v) is 6.82. The SMILES string of the molecule is CCOC(=O)c1cc(C(=O)C(Cl)(Cl)Cl)n2c1C(C)OCC2. The number of aromatic nitrogens is 1. The van der Waals surface area contributed by atoms with Crippen LogP contribution in [0.2, 0.25) is 0 Å². The summed E-state index contributed by atoms with van der Waals surface area (Å²) >= 11 is 17.0. The van der Waals surface area contributed by atoms with Crippen LogP contribution in [0.3, 0.4) is 0 Å². The average Bonchev–Trinajstić information content (AvgIpc) is 2.78. The van der Waals surface area contributed by atoms with Crippen molar-refractivity contribution in [3.8, 4) is 0 Å². The molecular weight excluding hydrogens is 341 g/mol. The van der Waals surface area contributed by atoms with E-state index in [0.29, 0.717) is 18.8 Å². The van der Waals surface area contributed by atoms with Crippen LogP contribution < -0.4 is 0 Å². The minimum Gasteiger partial charge on any atom is -0.462 e. The molecule has 0 bridgehead atoms. The van der Waals surface area contributed by atoms with Gasteiger partial charge in [-0.05, 0) is 19.9 Å². The van der Waals surface area contributed by atoms with Gasteiger partial charge in [-0.15, -0.1) is 0 Å². The molecule has 8 heteroatoms. The fourth-order valence-electron chi connectivity index (χ4n) is 2.35. The van der Waals surface area contributed by atoms with Crippen molar-refractivity contribution in [3.63, 3.8) is 0 Å². The number of ketones is 1. The summed E-state index contributed by atoms with van der Waals surface area (Å²) in [6, 6.07) is 1.41. The summed E-state index contributed by atoms with van der Waals surface area (Å²) in [7, 11) is 0. The van der Waals surface area contributed by atoms with Crippen LogP contribution in [0.15, 0.2) is 6.07 Å². The largest absolute Gasteiger partial charge is 0.462 e. The van der Waals surface area contributed by atoms with Gasteiger partial charge in [0.25, 0.3) is 3.79 Å². The Kier molecular flexibility index (Phi) is 4.88. The van der Waals surface area contributed by atoms with Crippen LogP contribution in [0.4, 0.5) is 0 Å². The molecule has 2 rings (SSSR count). The molecule has 1 atom stereocenters. The maximum atomic E-state index is 12.2. The zero-order valence-electron chi connectivity index (χ0n) is 11.5. The lowest BCUT2D eigenvalue weighted by Gasteiger charge is -2.25. The first kappa shape index (κ1) is 16.6. The van der Waals surface area contributed by atoms with Crippen LogP contribution in [-0.4, -0.2) is 33.3 Å². The Morgan fingerprint density at radius 1 is 1.48 bits per heavy atom. The zero-order chi connectivity index (χ0) is 15.8. The molecule has 21 heavy (non-hydrogen) atoms. The second kappa shape index (κ2) is 6.16. The lowest BCUT2D eigenvalue weighted by Crippen LogP contribution is -2.27. The lowest BCUT2D eigenvalue weighted by molar-refractivity contribution is 0.0286. The highest BCUT2D eigenvalue weighted by Crippen LogP contribution is 2.35. The maximum absolute atomic E-state index is 12.2. The van der Waals surface area contributed by atoms with E-state index < -0.39 is 15.5 Å². The van der Waals surface area contributed by atoms with Crippen LogP contribution in [0.5, 0.6) is 0 Å². The molecule has 116 valence electrons. The van der Waals surface area contributed by atoms with Gasteiger partial charge in [0.2, 0.25) is 5.78 Å². The van der Waals surface area contributed by atoms with Gasteiger partial charge in [-0.1, -0.05) is 34.8 Å². The first-order valence-corrected chi connectivity index (χ1v) is 7.54. The summed E-state index contributed by atoms with van der Waals surface area (Å²) in [6.07, 6.45) is -0.352. The summed E-state index contributed by atoms with van der Waals surface area (Å²) < 4.78 is 10.1. The Bertz CT molecular complexity index is 577. The third kappa shape index (κ3) is 3.21. The Hall–Kier alpha value is -0.750. The van der Waals surface area contributed by atoms with E-state index in [9.17, 15) is 9.59 Å². The quantitative estimate of drug-likeness (QED) is 0.475. The van der Waals surface area contributed by atoms with Gasteiger partial charge in [0.1, 0.15) is 0 Å². The molecule has 0 aromatic carbocycles. The molecule has 0 aliphatic carbocycles. The highest BCUT2D eigenvalue weighted by atomic mass is 35.6. The molecule has 0 saturated carbocycles. The van der Waals surface area contributed by atoms with Crippen LogP contribution >= 0.6 is 34.8 Å². The monoisotopic (exact) mass is 353 g/mol. The van der Waals surface area contributed by atoms with Crippen molar-refractivity contribution in [1.29, 1.82) is 0 Å². The van der Waals surface area contributed by atoms with Crippen LogP contribution in [0.25, 0.3) is 0 Å². The summed E-state index contributed by atoms with van der Waals surface area (Å²) in [6.45, 7) is 4.53. The molecule has 0 radical (unpaired) electrons. The van der Waals surface area contributed by atoms with E-state index in [0.717, 1.165) is 0 Å². The Balaban J connectivity index is 2.56. The van der Waals surface area contributed by atoms with Gasteiger partial charge in [-0.2, -0.15) is 0 Å². The first-order valence-electron chi connectivity index (χ1n) is 6.41. The number of hydrogen-bond donors (Lipinski definition) is 0. The normalized spacial score (nSPS) is 18.2. The highest BCUT2D eigenvalue weighted by Gasteiger charge is 2.38. The van der Waals surface area contributed by atoms with E-state index in [1.54, 1.807) is 18.4 Å². The first-order chi connectivity index (χ1) is 9.77. The number of Topliss-reactive ketones (excluding diaryl/α,β-unsaturated/α-hetero) is 1. The molecule has 1 aliphatic rings. The fourth-order valence-corrected chi connectivity index (χ4v) is 2.64. The van der Waals surface area contributed by atoms with Crippen LogP contribution in [0.1, 0.15) is 46.5 Å². The average molecular weight is 355 g/mol. The number of esters is 1. The number of carbonyl (C=O) groups excluding carboxylic acids is 2. The molecule has 1 aliphatic heterocycles. The second-order valence-electron chi connectivity index (χ2n) is 4.54. The molecule has 5 nitrogen and oxygen atoms in total. The molecular formula is C13H14Cl3NO4. The summed E-state index contributed by atoms with van der Waals surface area (Å²) in [4.78, 5) is 24.3. The van der Waals surface area contributed by atoms with Crippen molar-refractivity contribution in [2.75, 3.05) is 13.2 Å². The minimum absolute atomic E-state index is 0.170. The fraction of sp³-hybridized carbons (Fsp3) is 0.538. The number of fused-ring (bicyclic) bond motifs is 1. The molecule has 1 aromatic heterocycles. The van der Waals surface area contributed by atoms with Crippen molar-refractivity contribution < 1.29 is 19.1 Å². The number of nitrogens with zero attached hydrogens (tertiary/aromatic N) is 1. The van der Waals surface area contributed by atoms with E-state index in [1.165, 1.54) is 6.07 Å². The van der Waals surface area contributed by atoms with Gasteiger partial charge >= 0.3 is 5.97 Å². The number of carbonyl (C=O) groups is 2. The highest BCUT2D eigenvalue weighted by molar-refractivity contribution is 6.77. The van der Waals surface area contributed by atoms with E-state index in [-0.39, 0.29) is 24.0 Å². The Labute approximate surface area is 137 Å². The summed E-state index contributed by atoms with van der Waals surface area (Å²) in [5.41, 5.74) is 1.00. The third-order valence-electron chi connectivity index (χ3n) is 3.19. The van der Waals surface area contributed by atoms with E-state index in [1.807, 2.05) is 0 Å². The molecule has 1 aromatic rings. The van der Waals surface area contributed by atoms with Gasteiger partial charge in [0.05, 0.1) is 36.3 Å². The smallest absolute Gasteiger partial charge is 0.340 e. The van der Waals surface area contributed by atoms with Crippen molar-refractivity contribution in [1.82, 2.24) is 4.57 Å².